The van der Waals surface area contributed by atoms with Gasteiger partial charge in [-0.15, -0.1) is 0 Å². The van der Waals surface area contributed by atoms with Crippen molar-refractivity contribution < 1.29 is 4.84 Å². The number of oxime groups is 1. The van der Waals surface area contributed by atoms with Crippen LogP contribution in [0, 0.1) is 11.3 Å². The minimum atomic E-state index is 0.255. The van der Waals surface area contributed by atoms with Gasteiger partial charge in [0.15, 0.2) is 0 Å². The van der Waals surface area contributed by atoms with Crippen molar-refractivity contribution in [2.45, 2.75) is 6.61 Å². The number of nitrogens with zero attached hydrogens (tertiary/aromatic N) is 2. The Morgan fingerprint density at radius 2 is 1.89 bits per heavy atom. The lowest BCUT2D eigenvalue weighted by Crippen LogP contribution is -1.92. The van der Waals surface area contributed by atoms with Gasteiger partial charge in [-0.3, -0.25) is 0 Å². The second-order valence-corrected chi connectivity index (χ2v) is 4.21. The van der Waals surface area contributed by atoms with E-state index in [2.05, 4.69) is 11.2 Å². The Morgan fingerprint density at radius 1 is 1.16 bits per heavy atom. The molecule has 0 atom stereocenters. The van der Waals surface area contributed by atoms with Gasteiger partial charge in [0.25, 0.3) is 0 Å². The summed E-state index contributed by atoms with van der Waals surface area (Å²) in [5.41, 5.74) is 2.19. The molecule has 0 amide bonds. The van der Waals surface area contributed by atoms with E-state index in [9.17, 15) is 0 Å². The zero-order valence-corrected chi connectivity index (χ0v) is 10.8. The summed E-state index contributed by atoms with van der Waals surface area (Å²) in [5, 5.41) is 13.4. The quantitative estimate of drug-likeness (QED) is 0.627. The summed E-state index contributed by atoms with van der Waals surface area (Å²) in [6, 6.07) is 16.7. The van der Waals surface area contributed by atoms with E-state index in [1.807, 2.05) is 36.4 Å². The number of nitriles is 1. The smallest absolute Gasteiger partial charge is 0.143 e. The average molecular weight is 271 g/mol. The molecule has 0 aliphatic carbocycles. The number of halogens is 1. The summed E-state index contributed by atoms with van der Waals surface area (Å²) in [7, 11) is 0. The fraction of sp³-hybridized carbons (Fsp3) is 0.0667. The third-order valence-electron chi connectivity index (χ3n) is 2.53. The van der Waals surface area contributed by atoms with Gasteiger partial charge < -0.3 is 4.84 Å². The van der Waals surface area contributed by atoms with Crippen LogP contribution in [0.1, 0.15) is 16.7 Å². The van der Waals surface area contributed by atoms with Crippen molar-refractivity contribution in [1.82, 2.24) is 0 Å². The Hall–Kier alpha value is -2.31. The average Bonchev–Trinajstić information content (AvgIpc) is 2.45. The van der Waals surface area contributed by atoms with Gasteiger partial charge in [0.1, 0.15) is 6.61 Å². The summed E-state index contributed by atoms with van der Waals surface area (Å²) in [6.07, 6.45) is 1.55. The highest BCUT2D eigenvalue weighted by Crippen LogP contribution is 2.13. The molecule has 0 aliphatic heterocycles. The first-order chi connectivity index (χ1) is 9.31. The maximum absolute atomic E-state index is 8.93. The molecule has 0 aliphatic rings. The lowest BCUT2D eigenvalue weighted by molar-refractivity contribution is 0.132. The van der Waals surface area contributed by atoms with E-state index in [0.29, 0.717) is 10.6 Å². The van der Waals surface area contributed by atoms with Crippen LogP contribution in [0.5, 0.6) is 0 Å². The summed E-state index contributed by atoms with van der Waals surface area (Å²) >= 11 is 5.98. The van der Waals surface area contributed by atoms with E-state index in [1.54, 1.807) is 18.3 Å². The van der Waals surface area contributed by atoms with Crippen molar-refractivity contribution in [3.05, 3.63) is 70.2 Å². The second kappa shape index (κ2) is 6.58. The summed E-state index contributed by atoms with van der Waals surface area (Å²) in [4.78, 5) is 5.18. The molecule has 0 radical (unpaired) electrons. The SMILES string of the molecule is N#Cc1ccccc1CO/N=C/c1ccccc1Cl. The van der Waals surface area contributed by atoms with Crippen molar-refractivity contribution in [2.24, 2.45) is 5.16 Å². The molecule has 2 aromatic rings. The Balaban J connectivity index is 1.98. The monoisotopic (exact) mass is 270 g/mol. The molecule has 4 heteroatoms. The topological polar surface area (TPSA) is 45.4 Å². The maximum atomic E-state index is 8.93. The number of rotatable bonds is 4. The third-order valence-corrected chi connectivity index (χ3v) is 2.87. The standard InChI is InChI=1S/C15H11ClN2O/c16-15-8-4-3-6-13(15)10-18-19-11-14-7-2-1-5-12(14)9-17/h1-8,10H,11H2/b18-10+. The summed E-state index contributed by atoms with van der Waals surface area (Å²) in [5.74, 6) is 0. The first kappa shape index (κ1) is 13.1. The molecule has 0 saturated carbocycles. The van der Waals surface area contributed by atoms with Crippen LogP contribution < -0.4 is 0 Å². The van der Waals surface area contributed by atoms with Crippen molar-refractivity contribution >= 4 is 17.8 Å². The van der Waals surface area contributed by atoms with Crippen molar-refractivity contribution in [3.8, 4) is 6.07 Å². The van der Waals surface area contributed by atoms with Gasteiger partial charge in [0, 0.05) is 16.1 Å². The van der Waals surface area contributed by atoms with E-state index >= 15 is 0 Å². The van der Waals surface area contributed by atoms with Gasteiger partial charge >= 0.3 is 0 Å². The minimum absolute atomic E-state index is 0.255. The number of benzene rings is 2. The van der Waals surface area contributed by atoms with Crippen LogP contribution in [-0.4, -0.2) is 6.21 Å². The number of hydrogen-bond donors (Lipinski definition) is 0. The van der Waals surface area contributed by atoms with Gasteiger partial charge in [-0.1, -0.05) is 53.2 Å². The normalized spacial score (nSPS) is 10.3. The number of hydrogen-bond acceptors (Lipinski definition) is 3. The third kappa shape index (κ3) is 3.57. The Bertz CT molecular complexity index is 632. The molecule has 2 rings (SSSR count). The van der Waals surface area contributed by atoms with Crippen LogP contribution in [-0.2, 0) is 11.4 Å². The van der Waals surface area contributed by atoms with Crippen molar-refractivity contribution in [2.75, 3.05) is 0 Å². The fourth-order valence-corrected chi connectivity index (χ4v) is 1.72. The second-order valence-electron chi connectivity index (χ2n) is 3.80. The molecule has 94 valence electrons. The van der Waals surface area contributed by atoms with Crippen molar-refractivity contribution in [1.29, 1.82) is 5.26 Å². The lowest BCUT2D eigenvalue weighted by atomic mass is 10.1. The molecule has 19 heavy (non-hydrogen) atoms. The molecule has 0 unspecified atom stereocenters. The van der Waals surface area contributed by atoms with Crippen LogP contribution in [0.4, 0.5) is 0 Å². The largest absolute Gasteiger partial charge is 0.391 e. The summed E-state index contributed by atoms with van der Waals surface area (Å²) < 4.78 is 0. The molecule has 0 N–H and O–H groups in total. The molecule has 0 aromatic heterocycles. The maximum Gasteiger partial charge on any atom is 0.143 e. The van der Waals surface area contributed by atoms with Gasteiger partial charge in [-0.25, -0.2) is 0 Å². The molecular formula is C15H11ClN2O. The molecule has 0 heterocycles. The first-order valence-electron chi connectivity index (χ1n) is 5.69. The van der Waals surface area contributed by atoms with E-state index < -0.39 is 0 Å². The van der Waals surface area contributed by atoms with Crippen LogP contribution in [0.15, 0.2) is 53.7 Å². The highest BCUT2D eigenvalue weighted by molar-refractivity contribution is 6.33. The molecule has 0 saturated heterocycles. The molecular weight excluding hydrogens is 260 g/mol. The molecule has 2 aromatic carbocycles. The van der Waals surface area contributed by atoms with Crippen LogP contribution >= 0.6 is 11.6 Å². The molecule has 0 bridgehead atoms. The molecule has 0 fully saturated rings. The Morgan fingerprint density at radius 3 is 2.68 bits per heavy atom. The van der Waals surface area contributed by atoms with E-state index in [0.717, 1.165) is 11.1 Å². The van der Waals surface area contributed by atoms with E-state index in [4.69, 9.17) is 21.7 Å². The van der Waals surface area contributed by atoms with Gasteiger partial charge in [-0.05, 0) is 12.1 Å². The predicted octanol–water partition coefficient (Wildman–Crippen LogP) is 3.76. The Labute approximate surface area is 116 Å². The molecule has 3 nitrogen and oxygen atoms in total. The van der Waals surface area contributed by atoms with Gasteiger partial charge in [-0.2, -0.15) is 5.26 Å². The lowest BCUT2D eigenvalue weighted by Gasteiger charge is -2.02. The van der Waals surface area contributed by atoms with Crippen molar-refractivity contribution in [3.63, 3.8) is 0 Å². The zero-order chi connectivity index (χ0) is 13.5. The van der Waals surface area contributed by atoms with Crippen LogP contribution in [0.3, 0.4) is 0 Å². The summed E-state index contributed by atoms with van der Waals surface area (Å²) in [6.45, 7) is 0.255. The zero-order valence-electron chi connectivity index (χ0n) is 10.1. The highest BCUT2D eigenvalue weighted by atomic mass is 35.5. The van der Waals surface area contributed by atoms with Crippen LogP contribution in [0.2, 0.25) is 5.02 Å². The van der Waals surface area contributed by atoms with E-state index in [1.165, 1.54) is 0 Å². The minimum Gasteiger partial charge on any atom is -0.391 e. The first-order valence-corrected chi connectivity index (χ1v) is 6.07. The van der Waals surface area contributed by atoms with Gasteiger partial charge in [0.2, 0.25) is 0 Å². The fourth-order valence-electron chi connectivity index (χ4n) is 1.54. The van der Waals surface area contributed by atoms with Gasteiger partial charge in [0.05, 0.1) is 17.8 Å². The Kier molecular flexibility index (Phi) is 4.54. The predicted molar refractivity (Wildman–Crippen MR) is 75.0 cm³/mol. The molecule has 0 spiro atoms. The highest BCUT2D eigenvalue weighted by Gasteiger charge is 2.00. The van der Waals surface area contributed by atoms with E-state index in [-0.39, 0.29) is 6.61 Å². The van der Waals surface area contributed by atoms with Crippen LogP contribution in [0.25, 0.3) is 0 Å².